The van der Waals surface area contributed by atoms with Crippen LogP contribution in [0.25, 0.3) is 10.4 Å². The summed E-state index contributed by atoms with van der Waals surface area (Å²) < 4.78 is 0. The van der Waals surface area contributed by atoms with E-state index in [0.29, 0.717) is 22.3 Å². The van der Waals surface area contributed by atoms with Crippen LogP contribution in [0.15, 0.2) is 11.2 Å². The van der Waals surface area contributed by atoms with Crippen molar-refractivity contribution < 1.29 is 10.0 Å². The zero-order chi connectivity index (χ0) is 12.3. The summed E-state index contributed by atoms with van der Waals surface area (Å²) in [6.07, 6.45) is 0. The van der Waals surface area contributed by atoms with E-state index in [1.807, 2.05) is 0 Å². The molecule has 0 fully saturated rings. The van der Waals surface area contributed by atoms with Crippen LogP contribution in [-0.4, -0.2) is 17.2 Å². The van der Waals surface area contributed by atoms with Crippen molar-refractivity contribution in [3.63, 3.8) is 0 Å². The summed E-state index contributed by atoms with van der Waals surface area (Å²) in [5.74, 6) is 0. The van der Waals surface area contributed by atoms with Crippen LogP contribution in [-0.2, 0) is 6.54 Å². The number of nitrogens with zero attached hydrogens (tertiary/aromatic N) is 3. The van der Waals surface area contributed by atoms with Crippen molar-refractivity contribution in [2.24, 2.45) is 10.8 Å². The Morgan fingerprint density at radius 3 is 2.50 bits per heavy atom. The van der Waals surface area contributed by atoms with Gasteiger partial charge in [0, 0.05) is 17.1 Å². The molecule has 84 valence electrons. The molecule has 7 heteroatoms. The van der Waals surface area contributed by atoms with E-state index >= 15 is 0 Å². The second kappa shape index (κ2) is 5.00. The van der Waals surface area contributed by atoms with Crippen molar-refractivity contribution in [1.82, 2.24) is 0 Å². The van der Waals surface area contributed by atoms with Gasteiger partial charge in [0.15, 0.2) is 0 Å². The normalized spacial score (nSPS) is 9.81. The Morgan fingerprint density at radius 1 is 1.44 bits per heavy atom. The first-order chi connectivity index (χ1) is 7.52. The molecule has 0 unspecified atom stereocenters. The third-order valence-corrected chi connectivity index (χ3v) is 2.62. The summed E-state index contributed by atoms with van der Waals surface area (Å²) in [4.78, 5) is 2.69. The smallest absolute Gasteiger partial charge is 0.423 e. The zero-order valence-corrected chi connectivity index (χ0v) is 9.18. The van der Waals surface area contributed by atoms with Gasteiger partial charge in [-0.15, -0.1) is 0 Å². The first-order valence-electron chi connectivity index (χ1n) is 4.77. The van der Waals surface area contributed by atoms with Crippen LogP contribution in [0, 0.1) is 13.8 Å². The van der Waals surface area contributed by atoms with Gasteiger partial charge in [-0.25, -0.2) is 0 Å². The Kier molecular flexibility index (Phi) is 3.92. The minimum atomic E-state index is -1.60. The molecule has 1 rings (SSSR count). The number of hydrogen-bond acceptors (Lipinski definition) is 4. The van der Waals surface area contributed by atoms with Crippen LogP contribution >= 0.6 is 0 Å². The fourth-order valence-corrected chi connectivity index (χ4v) is 1.73. The van der Waals surface area contributed by atoms with Crippen LogP contribution in [0.4, 0.5) is 5.69 Å². The summed E-state index contributed by atoms with van der Waals surface area (Å²) >= 11 is 0. The van der Waals surface area contributed by atoms with E-state index < -0.39 is 7.12 Å². The third kappa shape index (κ3) is 2.18. The van der Waals surface area contributed by atoms with Gasteiger partial charge in [0.2, 0.25) is 0 Å². The van der Waals surface area contributed by atoms with Crippen molar-refractivity contribution in [3.05, 3.63) is 33.2 Å². The third-order valence-electron chi connectivity index (χ3n) is 2.62. The van der Waals surface area contributed by atoms with Gasteiger partial charge in [0.1, 0.15) is 0 Å². The fourth-order valence-electron chi connectivity index (χ4n) is 1.73. The molecule has 0 radical (unpaired) electrons. The maximum absolute atomic E-state index is 9.28. The second-order valence-corrected chi connectivity index (χ2v) is 3.49. The van der Waals surface area contributed by atoms with Crippen LogP contribution in [0.3, 0.4) is 0 Å². The molecule has 0 spiro atoms. The Balaban J connectivity index is 3.57. The minimum absolute atomic E-state index is 0.250. The maximum Gasteiger partial charge on any atom is 0.488 e. The molecule has 6 nitrogen and oxygen atoms in total. The van der Waals surface area contributed by atoms with Gasteiger partial charge in [-0.2, -0.15) is 0 Å². The lowest BCUT2D eigenvalue weighted by atomic mass is 9.72. The molecule has 0 aliphatic rings. The molecule has 4 N–H and O–H groups in total. The maximum atomic E-state index is 9.28. The van der Waals surface area contributed by atoms with Gasteiger partial charge in [-0.1, -0.05) is 5.11 Å². The highest BCUT2D eigenvalue weighted by Crippen LogP contribution is 2.22. The molecule has 16 heavy (non-hydrogen) atoms. The minimum Gasteiger partial charge on any atom is -0.423 e. The number of nitrogens with two attached hydrogens (primary N) is 1. The first-order valence-corrected chi connectivity index (χ1v) is 4.77. The Bertz CT molecular complexity index is 455. The van der Waals surface area contributed by atoms with Crippen molar-refractivity contribution in [2.75, 3.05) is 0 Å². The molecule has 0 bridgehead atoms. The van der Waals surface area contributed by atoms with Gasteiger partial charge >= 0.3 is 7.12 Å². The second-order valence-electron chi connectivity index (χ2n) is 3.49. The average Bonchev–Trinajstić information content (AvgIpc) is 2.22. The van der Waals surface area contributed by atoms with Gasteiger partial charge in [0.25, 0.3) is 0 Å². The van der Waals surface area contributed by atoms with E-state index in [1.54, 1.807) is 19.9 Å². The number of benzene rings is 1. The summed E-state index contributed by atoms with van der Waals surface area (Å²) in [5.41, 5.74) is 16.7. The molecule has 0 atom stereocenters. The molecule has 0 amide bonds. The number of rotatable bonds is 3. The molecule has 1 aromatic carbocycles. The van der Waals surface area contributed by atoms with E-state index in [1.165, 1.54) is 0 Å². The molecule has 0 aromatic heterocycles. The molecule has 0 saturated heterocycles. The highest BCUT2D eigenvalue weighted by molar-refractivity contribution is 6.60. The topological polar surface area (TPSA) is 115 Å². The lowest BCUT2D eigenvalue weighted by molar-refractivity contribution is 0.425. The fraction of sp³-hybridized carbons (Fsp3) is 0.333. The Morgan fingerprint density at radius 2 is 2.06 bits per heavy atom. The van der Waals surface area contributed by atoms with Crippen LogP contribution in [0.1, 0.15) is 16.7 Å². The molecule has 1 aromatic rings. The standard InChI is InChI=1S/C9H13BN4O2/c1-5-7(4-11)3-8(13-14-12)6(2)9(5)10(15)16/h3,15-16H,4,11H2,1-2H3. The van der Waals surface area contributed by atoms with Gasteiger partial charge in [-0.05, 0) is 47.6 Å². The average molecular weight is 220 g/mol. The summed E-state index contributed by atoms with van der Waals surface area (Å²) in [5, 5.41) is 22.1. The van der Waals surface area contributed by atoms with Gasteiger partial charge in [-0.3, -0.25) is 0 Å². The predicted molar refractivity (Wildman–Crippen MR) is 62.4 cm³/mol. The van der Waals surface area contributed by atoms with Crippen molar-refractivity contribution in [3.8, 4) is 0 Å². The number of hydrogen-bond donors (Lipinski definition) is 3. The van der Waals surface area contributed by atoms with Gasteiger partial charge in [0.05, 0.1) is 0 Å². The largest absolute Gasteiger partial charge is 0.488 e. The van der Waals surface area contributed by atoms with E-state index in [9.17, 15) is 10.0 Å². The van der Waals surface area contributed by atoms with E-state index in [0.717, 1.165) is 5.56 Å². The van der Waals surface area contributed by atoms with Crippen molar-refractivity contribution >= 4 is 18.3 Å². The lowest BCUT2D eigenvalue weighted by Crippen LogP contribution is -2.35. The predicted octanol–water partition coefficient (Wildman–Crippen LogP) is 0.384. The highest BCUT2D eigenvalue weighted by atomic mass is 16.4. The highest BCUT2D eigenvalue weighted by Gasteiger charge is 2.20. The number of azide groups is 1. The van der Waals surface area contributed by atoms with Crippen LogP contribution < -0.4 is 11.2 Å². The molecular formula is C9H13BN4O2. The van der Waals surface area contributed by atoms with E-state index in [-0.39, 0.29) is 6.54 Å². The molecule has 0 aliphatic carbocycles. The Hall–Kier alpha value is -1.53. The Labute approximate surface area is 93.5 Å². The summed E-state index contributed by atoms with van der Waals surface area (Å²) in [6.45, 7) is 3.68. The van der Waals surface area contributed by atoms with Crippen LogP contribution in [0.5, 0.6) is 0 Å². The van der Waals surface area contributed by atoms with Crippen molar-refractivity contribution in [1.29, 1.82) is 0 Å². The van der Waals surface area contributed by atoms with Crippen LogP contribution in [0.2, 0.25) is 0 Å². The molecule has 0 heterocycles. The summed E-state index contributed by atoms with van der Waals surface area (Å²) in [6, 6.07) is 1.66. The molecule has 0 aliphatic heterocycles. The van der Waals surface area contributed by atoms with E-state index in [4.69, 9.17) is 11.3 Å². The van der Waals surface area contributed by atoms with Gasteiger partial charge < -0.3 is 15.8 Å². The first kappa shape index (κ1) is 12.5. The van der Waals surface area contributed by atoms with E-state index in [2.05, 4.69) is 10.0 Å². The zero-order valence-electron chi connectivity index (χ0n) is 9.18. The summed E-state index contributed by atoms with van der Waals surface area (Å²) in [7, 11) is -1.60. The quantitative estimate of drug-likeness (QED) is 0.296. The SMILES string of the molecule is Cc1c(CN)cc(N=[N+]=[N-])c(C)c1B(O)O. The van der Waals surface area contributed by atoms with Crippen molar-refractivity contribution in [2.45, 2.75) is 20.4 Å². The lowest BCUT2D eigenvalue weighted by Gasteiger charge is -2.15. The molecular weight excluding hydrogens is 207 g/mol. The molecule has 0 saturated carbocycles. The monoisotopic (exact) mass is 220 g/mol.